The van der Waals surface area contributed by atoms with E-state index in [0.717, 1.165) is 17.0 Å². The monoisotopic (exact) mass is 444 g/mol. The SMILES string of the molecule is COC(=O)c1ccc(Cl)c(N=Cc2cc(C)n(-c3ccc(Cl)c(C(=O)O)c3)c2C)c1. The van der Waals surface area contributed by atoms with Crippen molar-refractivity contribution in [3.63, 3.8) is 0 Å². The van der Waals surface area contributed by atoms with Crippen LogP contribution >= 0.6 is 23.2 Å². The zero-order valence-electron chi connectivity index (χ0n) is 16.4. The third-order valence-corrected chi connectivity index (χ3v) is 5.27. The quantitative estimate of drug-likeness (QED) is 0.407. The Balaban J connectivity index is 2.00. The fourth-order valence-electron chi connectivity index (χ4n) is 3.13. The van der Waals surface area contributed by atoms with Crippen LogP contribution in [0.1, 0.15) is 37.7 Å². The highest BCUT2D eigenvalue weighted by Gasteiger charge is 2.14. The first-order valence-electron chi connectivity index (χ1n) is 8.87. The summed E-state index contributed by atoms with van der Waals surface area (Å²) in [7, 11) is 1.31. The highest BCUT2D eigenvalue weighted by Crippen LogP contribution is 2.28. The summed E-state index contributed by atoms with van der Waals surface area (Å²) < 4.78 is 6.64. The molecule has 0 bridgehead atoms. The maximum Gasteiger partial charge on any atom is 0.337 e. The minimum Gasteiger partial charge on any atom is -0.478 e. The van der Waals surface area contributed by atoms with Crippen LogP contribution in [0.25, 0.3) is 5.69 Å². The topological polar surface area (TPSA) is 80.9 Å². The number of carbonyl (C=O) groups excluding carboxylic acids is 1. The van der Waals surface area contributed by atoms with Crippen LogP contribution in [0.4, 0.5) is 5.69 Å². The summed E-state index contributed by atoms with van der Waals surface area (Å²) in [6.07, 6.45) is 1.65. The highest BCUT2D eigenvalue weighted by molar-refractivity contribution is 6.33. The van der Waals surface area contributed by atoms with Gasteiger partial charge in [-0.05, 0) is 56.3 Å². The minimum atomic E-state index is -1.09. The number of aromatic nitrogens is 1. The van der Waals surface area contributed by atoms with Gasteiger partial charge in [0.05, 0.1) is 34.0 Å². The van der Waals surface area contributed by atoms with Gasteiger partial charge in [-0.3, -0.25) is 4.99 Å². The van der Waals surface area contributed by atoms with Gasteiger partial charge in [-0.1, -0.05) is 23.2 Å². The normalized spacial score (nSPS) is 11.1. The van der Waals surface area contributed by atoms with E-state index in [2.05, 4.69) is 4.99 Å². The van der Waals surface area contributed by atoms with E-state index in [9.17, 15) is 14.7 Å². The predicted octanol–water partition coefficient (Wildman–Crippen LogP) is 5.64. The molecule has 3 aromatic rings. The smallest absolute Gasteiger partial charge is 0.337 e. The minimum absolute atomic E-state index is 0.0308. The van der Waals surface area contributed by atoms with Crippen LogP contribution < -0.4 is 0 Å². The van der Waals surface area contributed by atoms with Crippen LogP contribution in [0.5, 0.6) is 0 Å². The number of halogens is 2. The van der Waals surface area contributed by atoms with Crippen LogP contribution in [-0.2, 0) is 4.74 Å². The molecule has 0 saturated heterocycles. The molecule has 8 heteroatoms. The van der Waals surface area contributed by atoms with Crippen molar-refractivity contribution < 1.29 is 19.4 Å². The van der Waals surface area contributed by atoms with Crippen molar-refractivity contribution in [2.45, 2.75) is 13.8 Å². The maximum absolute atomic E-state index is 11.7. The van der Waals surface area contributed by atoms with Gasteiger partial charge in [0.2, 0.25) is 0 Å². The zero-order chi connectivity index (χ0) is 22.0. The molecule has 0 saturated carbocycles. The summed E-state index contributed by atoms with van der Waals surface area (Å²) in [4.78, 5) is 27.6. The van der Waals surface area contributed by atoms with Gasteiger partial charge in [-0.15, -0.1) is 0 Å². The molecule has 1 heterocycles. The third-order valence-electron chi connectivity index (χ3n) is 4.62. The lowest BCUT2D eigenvalue weighted by atomic mass is 10.2. The fourth-order valence-corrected chi connectivity index (χ4v) is 3.49. The van der Waals surface area contributed by atoms with Gasteiger partial charge in [-0.2, -0.15) is 0 Å². The van der Waals surface area contributed by atoms with Crippen molar-refractivity contribution in [1.29, 1.82) is 0 Å². The molecule has 0 aliphatic rings. The van der Waals surface area contributed by atoms with E-state index in [0.29, 0.717) is 22.0 Å². The molecule has 0 aliphatic heterocycles. The van der Waals surface area contributed by atoms with Gasteiger partial charge in [-0.25, -0.2) is 9.59 Å². The highest BCUT2D eigenvalue weighted by atomic mass is 35.5. The molecular formula is C22H18Cl2N2O4. The van der Waals surface area contributed by atoms with E-state index in [1.54, 1.807) is 36.5 Å². The van der Waals surface area contributed by atoms with Crippen LogP contribution in [0.15, 0.2) is 47.5 Å². The maximum atomic E-state index is 11.7. The Hall–Kier alpha value is -3.09. The van der Waals surface area contributed by atoms with Gasteiger partial charge in [0.15, 0.2) is 0 Å². The average Bonchev–Trinajstić information content (AvgIpc) is 3.00. The van der Waals surface area contributed by atoms with Gasteiger partial charge < -0.3 is 14.4 Å². The molecule has 30 heavy (non-hydrogen) atoms. The number of benzene rings is 2. The van der Waals surface area contributed by atoms with Crippen LogP contribution in [0.3, 0.4) is 0 Å². The second-order valence-electron chi connectivity index (χ2n) is 6.55. The number of aryl methyl sites for hydroxylation is 1. The lowest BCUT2D eigenvalue weighted by Crippen LogP contribution is -2.03. The summed E-state index contributed by atoms with van der Waals surface area (Å²) in [5, 5.41) is 9.91. The number of carboxylic acids is 1. The summed E-state index contributed by atoms with van der Waals surface area (Å²) in [6.45, 7) is 3.81. The first-order valence-corrected chi connectivity index (χ1v) is 9.62. The number of ether oxygens (including phenoxy) is 1. The molecule has 0 unspecified atom stereocenters. The predicted molar refractivity (Wildman–Crippen MR) is 117 cm³/mol. The zero-order valence-corrected chi connectivity index (χ0v) is 18.0. The average molecular weight is 445 g/mol. The first-order chi connectivity index (χ1) is 14.2. The third kappa shape index (κ3) is 4.25. The van der Waals surface area contributed by atoms with Crippen molar-refractivity contribution in [2.24, 2.45) is 4.99 Å². The summed E-state index contributed by atoms with van der Waals surface area (Å²) >= 11 is 12.2. The number of esters is 1. The molecule has 0 fully saturated rings. The lowest BCUT2D eigenvalue weighted by molar-refractivity contribution is 0.0600. The Morgan fingerprint density at radius 1 is 1.07 bits per heavy atom. The number of aliphatic imine (C=N–C) groups is 1. The van der Waals surface area contributed by atoms with Crippen LogP contribution in [-0.4, -0.2) is 34.9 Å². The molecule has 154 valence electrons. The first kappa shape index (κ1) is 21.6. The van der Waals surface area contributed by atoms with Crippen molar-refractivity contribution in [3.8, 4) is 5.69 Å². The Morgan fingerprint density at radius 2 is 1.77 bits per heavy atom. The molecule has 1 N–H and O–H groups in total. The van der Waals surface area contributed by atoms with Crippen molar-refractivity contribution in [3.05, 3.63) is 80.6 Å². The molecule has 0 spiro atoms. The molecule has 2 aromatic carbocycles. The molecule has 6 nitrogen and oxygen atoms in total. The standard InChI is InChI=1S/C22H18Cl2N2O4/c1-12-8-15(11-25-20-9-14(22(29)30-3)4-6-19(20)24)13(2)26(12)16-5-7-18(23)17(10-16)21(27)28/h4-11H,1-3H3,(H,27,28). The van der Waals surface area contributed by atoms with E-state index in [1.165, 1.54) is 13.2 Å². The van der Waals surface area contributed by atoms with E-state index < -0.39 is 11.9 Å². The number of carbonyl (C=O) groups is 2. The molecule has 1 aromatic heterocycles. The van der Waals surface area contributed by atoms with Gasteiger partial charge in [0.1, 0.15) is 0 Å². The summed E-state index contributed by atoms with van der Waals surface area (Å²) in [5.41, 5.74) is 4.06. The Kier molecular flexibility index (Phi) is 6.29. The van der Waals surface area contributed by atoms with Gasteiger partial charge in [0.25, 0.3) is 0 Å². The molecule has 0 amide bonds. The summed E-state index contributed by atoms with van der Waals surface area (Å²) in [5.74, 6) is -1.57. The van der Waals surface area contributed by atoms with E-state index in [-0.39, 0.29) is 10.6 Å². The molecule has 0 radical (unpaired) electrons. The summed E-state index contributed by atoms with van der Waals surface area (Å²) in [6, 6.07) is 11.5. The number of rotatable bonds is 5. The fraction of sp³-hybridized carbons (Fsp3) is 0.136. The van der Waals surface area contributed by atoms with Crippen molar-refractivity contribution in [2.75, 3.05) is 7.11 Å². The molecular weight excluding hydrogens is 427 g/mol. The van der Waals surface area contributed by atoms with E-state index >= 15 is 0 Å². The number of methoxy groups -OCH3 is 1. The number of aromatic carboxylic acids is 1. The lowest BCUT2D eigenvalue weighted by Gasteiger charge is -2.11. The van der Waals surface area contributed by atoms with Crippen LogP contribution in [0.2, 0.25) is 10.0 Å². The number of nitrogens with zero attached hydrogens (tertiary/aromatic N) is 2. The van der Waals surface area contributed by atoms with Crippen molar-refractivity contribution >= 4 is 47.0 Å². The van der Waals surface area contributed by atoms with Gasteiger partial charge >= 0.3 is 11.9 Å². The Bertz CT molecular complexity index is 1180. The molecule has 0 atom stereocenters. The van der Waals surface area contributed by atoms with Gasteiger partial charge in [0, 0.05) is 28.9 Å². The van der Waals surface area contributed by atoms with Crippen LogP contribution in [0, 0.1) is 13.8 Å². The second-order valence-corrected chi connectivity index (χ2v) is 7.36. The second kappa shape index (κ2) is 8.73. The molecule has 3 rings (SSSR count). The number of hydrogen-bond acceptors (Lipinski definition) is 4. The number of carboxylic acid groups (broad SMARTS) is 1. The molecule has 0 aliphatic carbocycles. The largest absolute Gasteiger partial charge is 0.478 e. The van der Waals surface area contributed by atoms with E-state index in [1.807, 2.05) is 24.5 Å². The van der Waals surface area contributed by atoms with Crippen molar-refractivity contribution in [1.82, 2.24) is 4.57 Å². The number of hydrogen-bond donors (Lipinski definition) is 1. The van der Waals surface area contributed by atoms with E-state index in [4.69, 9.17) is 27.9 Å². The Morgan fingerprint density at radius 3 is 2.43 bits per heavy atom. The Labute approximate surface area is 183 Å².